The molecule has 0 aliphatic carbocycles. The number of nitrogens with zero attached hydrogens (tertiary/aromatic N) is 3. The minimum absolute atomic E-state index is 0.0344. The fourth-order valence-electron chi connectivity index (χ4n) is 1.93. The predicted molar refractivity (Wildman–Crippen MR) is 100 cm³/mol. The zero-order chi connectivity index (χ0) is 21.8. The van der Waals surface area contributed by atoms with Crippen molar-refractivity contribution in [2.24, 2.45) is 10.7 Å². The number of alkyl halides is 3. The van der Waals surface area contributed by atoms with Gasteiger partial charge < -0.3 is 10.5 Å². The summed E-state index contributed by atoms with van der Waals surface area (Å²) in [7, 11) is -2.37. The number of hydrogen-bond acceptors (Lipinski definition) is 9. The van der Waals surface area contributed by atoms with Crippen LogP contribution in [0.5, 0.6) is 0 Å². The SMILES string of the molecule is COC(=O)CN=C(/C=C(\N)C(F)(F)F)c1nc(-c2cccc(S(C)(=O)=O)c2)ns1. The highest BCUT2D eigenvalue weighted by Crippen LogP contribution is 2.24. The molecular formula is C16H15F3N4O4S2. The number of rotatable bonds is 6. The molecule has 0 fully saturated rings. The third-order valence-corrected chi connectivity index (χ3v) is 5.24. The summed E-state index contributed by atoms with van der Waals surface area (Å²) < 4.78 is 70.2. The first-order chi connectivity index (χ1) is 13.4. The van der Waals surface area contributed by atoms with Crippen LogP contribution < -0.4 is 5.73 Å². The van der Waals surface area contributed by atoms with Gasteiger partial charge in [0.25, 0.3) is 0 Å². The number of ether oxygens (including phenoxy) is 1. The van der Waals surface area contributed by atoms with E-state index in [0.29, 0.717) is 23.2 Å². The summed E-state index contributed by atoms with van der Waals surface area (Å²) >= 11 is 0.717. The maximum atomic E-state index is 12.8. The van der Waals surface area contributed by atoms with E-state index in [9.17, 15) is 26.4 Å². The summed E-state index contributed by atoms with van der Waals surface area (Å²) in [6.07, 6.45) is -3.22. The topological polar surface area (TPSA) is 125 Å². The predicted octanol–water partition coefficient (Wildman–Crippen LogP) is 1.98. The van der Waals surface area contributed by atoms with Crippen LogP contribution in [0.3, 0.4) is 0 Å². The van der Waals surface area contributed by atoms with Gasteiger partial charge in [0.1, 0.15) is 12.2 Å². The molecule has 2 rings (SSSR count). The largest absolute Gasteiger partial charge is 0.468 e. The maximum Gasteiger partial charge on any atom is 0.430 e. The summed E-state index contributed by atoms with van der Waals surface area (Å²) in [6.45, 7) is -0.550. The first-order valence-corrected chi connectivity index (χ1v) is 10.4. The second-order valence-electron chi connectivity index (χ2n) is 5.60. The summed E-state index contributed by atoms with van der Waals surface area (Å²) in [5.41, 5.74) is 3.64. The number of aromatic nitrogens is 2. The zero-order valence-electron chi connectivity index (χ0n) is 15.1. The molecule has 0 atom stereocenters. The van der Waals surface area contributed by atoms with Crippen LogP contribution in [0.1, 0.15) is 5.01 Å². The highest BCUT2D eigenvalue weighted by Gasteiger charge is 2.32. The Bertz CT molecular complexity index is 1080. The van der Waals surface area contributed by atoms with Gasteiger partial charge in [-0.3, -0.25) is 9.79 Å². The molecule has 0 amide bonds. The van der Waals surface area contributed by atoms with Gasteiger partial charge in [-0.15, -0.1) is 0 Å². The number of nitrogens with two attached hydrogens (primary N) is 1. The number of halogens is 3. The van der Waals surface area contributed by atoms with E-state index < -0.39 is 34.2 Å². The first-order valence-electron chi connectivity index (χ1n) is 7.72. The van der Waals surface area contributed by atoms with Crippen molar-refractivity contribution in [1.29, 1.82) is 0 Å². The molecule has 0 aliphatic heterocycles. The van der Waals surface area contributed by atoms with Crippen molar-refractivity contribution >= 4 is 33.1 Å². The Hall–Kier alpha value is -2.80. The van der Waals surface area contributed by atoms with Crippen LogP contribution in [0.25, 0.3) is 11.4 Å². The molecule has 2 aromatic rings. The van der Waals surface area contributed by atoms with Gasteiger partial charge in [-0.1, -0.05) is 12.1 Å². The maximum absolute atomic E-state index is 12.8. The van der Waals surface area contributed by atoms with Crippen LogP contribution in [-0.4, -0.2) is 55.5 Å². The molecule has 0 radical (unpaired) electrons. The lowest BCUT2D eigenvalue weighted by atomic mass is 10.2. The molecule has 0 bridgehead atoms. The van der Waals surface area contributed by atoms with E-state index in [1.807, 2.05) is 0 Å². The minimum atomic E-state index is -4.80. The van der Waals surface area contributed by atoms with Crippen molar-refractivity contribution < 1.29 is 31.1 Å². The van der Waals surface area contributed by atoms with E-state index >= 15 is 0 Å². The molecule has 1 heterocycles. The number of esters is 1. The van der Waals surface area contributed by atoms with E-state index in [1.54, 1.807) is 6.07 Å². The minimum Gasteiger partial charge on any atom is -0.468 e. The molecule has 156 valence electrons. The fourth-order valence-corrected chi connectivity index (χ4v) is 3.26. The smallest absolute Gasteiger partial charge is 0.430 e. The average molecular weight is 448 g/mol. The van der Waals surface area contributed by atoms with Gasteiger partial charge in [0.2, 0.25) is 0 Å². The second kappa shape index (κ2) is 8.69. The number of methoxy groups -OCH3 is 1. The number of hydrogen-bond donors (Lipinski definition) is 1. The van der Waals surface area contributed by atoms with Crippen LogP contribution in [0.4, 0.5) is 13.2 Å². The van der Waals surface area contributed by atoms with E-state index in [0.717, 1.165) is 13.4 Å². The number of carbonyl (C=O) groups excluding carboxylic acids is 1. The van der Waals surface area contributed by atoms with Gasteiger partial charge in [0, 0.05) is 11.8 Å². The Kier molecular flexibility index (Phi) is 6.74. The Morgan fingerprint density at radius 1 is 1.38 bits per heavy atom. The number of allylic oxidation sites excluding steroid dienone is 2. The summed E-state index contributed by atoms with van der Waals surface area (Å²) in [6, 6.07) is 5.76. The molecule has 0 aliphatic rings. The summed E-state index contributed by atoms with van der Waals surface area (Å²) in [5, 5.41) is -0.0409. The Labute approximate surface area is 168 Å². The average Bonchev–Trinajstić information content (AvgIpc) is 3.13. The number of sulfone groups is 1. The third kappa shape index (κ3) is 6.09. The van der Waals surface area contributed by atoms with Gasteiger partial charge in [0.15, 0.2) is 20.7 Å². The lowest BCUT2D eigenvalue weighted by Gasteiger charge is -2.06. The summed E-state index contributed by atoms with van der Waals surface area (Å²) in [5.74, 6) is -0.688. The van der Waals surface area contributed by atoms with Gasteiger partial charge in [0.05, 0.1) is 17.7 Å². The van der Waals surface area contributed by atoms with Crippen LogP contribution in [0.15, 0.2) is 45.9 Å². The van der Waals surface area contributed by atoms with Crippen molar-refractivity contribution in [1.82, 2.24) is 9.36 Å². The molecule has 0 unspecified atom stereocenters. The molecule has 1 aromatic heterocycles. The first kappa shape index (κ1) is 22.5. The van der Waals surface area contributed by atoms with Gasteiger partial charge in [-0.2, -0.15) is 17.5 Å². The lowest BCUT2D eigenvalue weighted by molar-refractivity contribution is -0.138. The summed E-state index contributed by atoms with van der Waals surface area (Å²) in [4.78, 5) is 19.2. The Morgan fingerprint density at radius 2 is 2.07 bits per heavy atom. The van der Waals surface area contributed by atoms with Crippen LogP contribution in [0, 0.1) is 0 Å². The van der Waals surface area contributed by atoms with Gasteiger partial charge >= 0.3 is 12.1 Å². The van der Waals surface area contributed by atoms with Crippen LogP contribution >= 0.6 is 11.5 Å². The van der Waals surface area contributed by atoms with Gasteiger partial charge in [-0.25, -0.2) is 13.4 Å². The van der Waals surface area contributed by atoms with Crippen molar-refractivity contribution in [3.8, 4) is 11.4 Å². The zero-order valence-corrected chi connectivity index (χ0v) is 16.7. The molecule has 13 heteroatoms. The monoisotopic (exact) mass is 448 g/mol. The number of aliphatic imine (C=N–C) groups is 1. The molecule has 0 saturated heterocycles. The van der Waals surface area contributed by atoms with E-state index in [2.05, 4.69) is 19.1 Å². The molecule has 2 N–H and O–H groups in total. The van der Waals surface area contributed by atoms with Crippen molar-refractivity contribution in [3.05, 3.63) is 41.0 Å². The van der Waals surface area contributed by atoms with Crippen molar-refractivity contribution in [3.63, 3.8) is 0 Å². The van der Waals surface area contributed by atoms with Gasteiger partial charge in [-0.05, 0) is 29.7 Å². The number of benzene rings is 1. The highest BCUT2D eigenvalue weighted by molar-refractivity contribution is 7.90. The normalized spacial score (nSPS) is 13.4. The van der Waals surface area contributed by atoms with Crippen LogP contribution in [-0.2, 0) is 19.4 Å². The number of carbonyl (C=O) groups is 1. The van der Waals surface area contributed by atoms with Crippen LogP contribution in [0.2, 0.25) is 0 Å². The molecule has 0 saturated carbocycles. The van der Waals surface area contributed by atoms with Crippen molar-refractivity contribution in [2.75, 3.05) is 19.9 Å². The third-order valence-electron chi connectivity index (χ3n) is 3.39. The fraction of sp³-hybridized carbons (Fsp3) is 0.250. The highest BCUT2D eigenvalue weighted by atomic mass is 32.2. The molecule has 0 spiro atoms. The molecule has 1 aromatic carbocycles. The Morgan fingerprint density at radius 3 is 2.66 bits per heavy atom. The quantitative estimate of drug-likeness (QED) is 0.529. The van der Waals surface area contributed by atoms with E-state index in [4.69, 9.17) is 5.73 Å². The van der Waals surface area contributed by atoms with Crippen molar-refractivity contribution in [2.45, 2.75) is 11.1 Å². The lowest BCUT2D eigenvalue weighted by Crippen LogP contribution is -2.21. The molecule has 29 heavy (non-hydrogen) atoms. The molecule has 8 nitrogen and oxygen atoms in total. The second-order valence-corrected chi connectivity index (χ2v) is 8.37. The Balaban J connectivity index is 2.47. The molecular weight excluding hydrogens is 433 g/mol. The standard InChI is InChI=1S/C16H15F3N4O4S2/c1-27-13(24)8-21-11(7-12(20)16(17,18)19)15-22-14(23-28-15)9-4-3-5-10(6-9)29(2,25)26/h3-7H,8,20H2,1-2H3/b12-7-,21-11?. The van der Waals surface area contributed by atoms with E-state index in [-0.39, 0.29) is 21.4 Å². The van der Waals surface area contributed by atoms with E-state index in [1.165, 1.54) is 18.2 Å².